The fourth-order valence-electron chi connectivity index (χ4n) is 3.76. The van der Waals surface area contributed by atoms with Gasteiger partial charge in [-0.15, -0.1) is 0 Å². The molecule has 154 valence electrons. The van der Waals surface area contributed by atoms with Gasteiger partial charge >= 0.3 is 0 Å². The largest absolute Gasteiger partial charge is 0.489 e. The summed E-state index contributed by atoms with van der Waals surface area (Å²) in [7, 11) is 0. The number of rotatable bonds is 7. The summed E-state index contributed by atoms with van der Waals surface area (Å²) in [4.78, 5) is 16.6. The molecule has 0 saturated heterocycles. The second-order valence-corrected chi connectivity index (χ2v) is 8.07. The maximum Gasteiger partial charge on any atom is 0.255 e. The average Bonchev–Trinajstić information content (AvgIpc) is 2.77. The monoisotopic (exact) mass is 401 g/mol. The number of ether oxygens (including phenoxy) is 1. The van der Waals surface area contributed by atoms with Gasteiger partial charge in [0.25, 0.3) is 5.91 Å². The fraction of sp³-hybridized carbons (Fsp3) is 0.280. The smallest absolute Gasteiger partial charge is 0.255 e. The summed E-state index contributed by atoms with van der Waals surface area (Å²) in [6.45, 7) is 2.80. The van der Waals surface area contributed by atoms with Gasteiger partial charge in [-0.3, -0.25) is 9.78 Å². The molecule has 0 radical (unpaired) electrons. The maximum absolute atomic E-state index is 12.6. The zero-order valence-electron chi connectivity index (χ0n) is 17.2. The number of aryl methyl sites for hydroxylation is 1. The molecule has 1 aromatic heterocycles. The number of benzene rings is 2. The van der Waals surface area contributed by atoms with E-state index in [4.69, 9.17) is 4.74 Å². The van der Waals surface area contributed by atoms with Crippen LogP contribution in [0.3, 0.4) is 0 Å². The average molecular weight is 402 g/mol. The van der Waals surface area contributed by atoms with E-state index in [1.165, 1.54) is 5.56 Å². The lowest BCUT2D eigenvalue weighted by Gasteiger charge is -2.37. The normalized spacial score (nSPS) is 17.4. The Hall–Kier alpha value is -3.34. The molecule has 1 amide bonds. The molecular weight excluding hydrogens is 374 g/mol. The number of hydrogen-bond acceptors (Lipinski definition) is 4. The van der Waals surface area contributed by atoms with Gasteiger partial charge in [0.15, 0.2) is 0 Å². The Kier molecular flexibility index (Phi) is 5.98. The van der Waals surface area contributed by atoms with Crippen LogP contribution in [0.15, 0.2) is 73.1 Å². The highest BCUT2D eigenvalue weighted by molar-refractivity contribution is 6.05. The number of carbonyl (C=O) groups excluding carboxylic acids is 1. The van der Waals surface area contributed by atoms with Crippen LogP contribution in [0.1, 0.15) is 42.1 Å². The van der Waals surface area contributed by atoms with Crippen molar-refractivity contribution in [3.8, 4) is 5.75 Å². The number of amides is 1. The van der Waals surface area contributed by atoms with Gasteiger partial charge in [0, 0.05) is 11.8 Å². The van der Waals surface area contributed by atoms with Crippen molar-refractivity contribution in [3.05, 3.63) is 84.2 Å². The molecule has 3 aromatic rings. The molecule has 2 heterocycles. The number of unbranched alkanes of at least 4 members (excludes halogenated alkanes) is 1. The first kappa shape index (κ1) is 20.0. The molecule has 30 heavy (non-hydrogen) atoms. The molecule has 1 aliphatic heterocycles. The van der Waals surface area contributed by atoms with E-state index in [1.54, 1.807) is 24.5 Å². The number of pyridine rings is 1. The molecule has 0 saturated carbocycles. The predicted molar refractivity (Wildman–Crippen MR) is 120 cm³/mol. The van der Waals surface area contributed by atoms with Crippen LogP contribution in [0, 0.1) is 0 Å². The Labute approximate surface area is 177 Å². The number of fused-ring (bicyclic) bond motifs is 1. The van der Waals surface area contributed by atoms with Gasteiger partial charge in [-0.25, -0.2) is 0 Å². The summed E-state index contributed by atoms with van der Waals surface area (Å²) in [6.07, 6.45) is 7.65. The van der Waals surface area contributed by atoms with Crippen LogP contribution in [-0.4, -0.2) is 23.0 Å². The first-order chi connectivity index (χ1) is 14.6. The van der Waals surface area contributed by atoms with Crippen molar-refractivity contribution >= 4 is 17.3 Å². The summed E-state index contributed by atoms with van der Waals surface area (Å²) < 4.78 is 6.00. The lowest BCUT2D eigenvalue weighted by Crippen LogP contribution is -2.44. The molecule has 0 aliphatic carbocycles. The topological polar surface area (TPSA) is 63.2 Å². The highest BCUT2D eigenvalue weighted by atomic mass is 16.5. The lowest BCUT2D eigenvalue weighted by atomic mass is 9.92. The predicted octanol–water partition coefficient (Wildman–Crippen LogP) is 5.31. The summed E-state index contributed by atoms with van der Waals surface area (Å²) in [6, 6.07) is 19.7. The highest BCUT2D eigenvalue weighted by Gasteiger charge is 2.30. The van der Waals surface area contributed by atoms with Gasteiger partial charge < -0.3 is 15.4 Å². The Morgan fingerprint density at radius 1 is 1.13 bits per heavy atom. The van der Waals surface area contributed by atoms with Crippen LogP contribution >= 0.6 is 0 Å². The first-order valence-electron chi connectivity index (χ1n) is 10.4. The minimum atomic E-state index is -0.164. The van der Waals surface area contributed by atoms with E-state index >= 15 is 0 Å². The number of anilines is 2. The Morgan fingerprint density at radius 3 is 2.80 bits per heavy atom. The van der Waals surface area contributed by atoms with E-state index < -0.39 is 0 Å². The highest BCUT2D eigenvalue weighted by Crippen LogP contribution is 2.35. The molecule has 1 unspecified atom stereocenters. The number of nitrogens with zero attached hydrogens (tertiary/aromatic N) is 1. The van der Waals surface area contributed by atoms with Crippen molar-refractivity contribution in [1.29, 1.82) is 0 Å². The molecular formula is C25H27N3O2. The van der Waals surface area contributed by atoms with Gasteiger partial charge in [-0.05, 0) is 62.1 Å². The standard InChI is InChI=1S/C25H27N3O2/c1-25(14-6-5-10-19-8-3-2-4-9-19)18-30-23-13-12-20(16-22(23)28-25)24(29)27-21-11-7-15-26-17-21/h2-4,7-9,11-13,15-17,28H,5-6,10,14,18H2,1H3,(H,27,29). The van der Waals surface area contributed by atoms with Crippen LogP contribution < -0.4 is 15.4 Å². The molecule has 1 aliphatic rings. The zero-order chi connectivity index (χ0) is 20.8. The van der Waals surface area contributed by atoms with Gasteiger partial charge in [-0.2, -0.15) is 0 Å². The van der Waals surface area contributed by atoms with Crippen molar-refractivity contribution in [2.24, 2.45) is 0 Å². The molecule has 2 N–H and O–H groups in total. The number of nitrogens with one attached hydrogen (secondary N) is 2. The number of hydrogen-bond donors (Lipinski definition) is 2. The van der Waals surface area contributed by atoms with E-state index in [0.29, 0.717) is 17.9 Å². The van der Waals surface area contributed by atoms with Gasteiger partial charge in [0.05, 0.1) is 23.1 Å². The Bertz CT molecular complexity index is 992. The minimum absolute atomic E-state index is 0.151. The summed E-state index contributed by atoms with van der Waals surface area (Å²) in [5.74, 6) is 0.623. The van der Waals surface area contributed by atoms with Crippen molar-refractivity contribution in [2.75, 3.05) is 17.2 Å². The third-order valence-electron chi connectivity index (χ3n) is 5.43. The Balaban J connectivity index is 1.36. The van der Waals surface area contributed by atoms with Gasteiger partial charge in [0.1, 0.15) is 12.4 Å². The van der Waals surface area contributed by atoms with Crippen LogP contribution in [0.2, 0.25) is 0 Å². The molecule has 0 bridgehead atoms. The lowest BCUT2D eigenvalue weighted by molar-refractivity contribution is 0.102. The third-order valence-corrected chi connectivity index (χ3v) is 5.43. The van der Waals surface area contributed by atoms with Crippen LogP contribution in [0.25, 0.3) is 0 Å². The second-order valence-electron chi connectivity index (χ2n) is 8.07. The molecule has 4 rings (SSSR count). The summed E-state index contributed by atoms with van der Waals surface area (Å²) >= 11 is 0. The van der Waals surface area contributed by atoms with Gasteiger partial charge in [0.2, 0.25) is 0 Å². The maximum atomic E-state index is 12.6. The van der Waals surface area contributed by atoms with Crippen molar-refractivity contribution in [1.82, 2.24) is 4.98 Å². The van der Waals surface area contributed by atoms with Crippen LogP contribution in [0.4, 0.5) is 11.4 Å². The second kappa shape index (κ2) is 8.99. The van der Waals surface area contributed by atoms with Crippen LogP contribution in [-0.2, 0) is 6.42 Å². The van der Waals surface area contributed by atoms with E-state index in [0.717, 1.165) is 37.1 Å². The molecule has 5 nitrogen and oxygen atoms in total. The molecule has 2 aromatic carbocycles. The van der Waals surface area contributed by atoms with Gasteiger partial charge in [-0.1, -0.05) is 36.8 Å². The molecule has 0 fully saturated rings. The molecule has 5 heteroatoms. The third kappa shape index (κ3) is 4.98. The Morgan fingerprint density at radius 2 is 2.00 bits per heavy atom. The van der Waals surface area contributed by atoms with Crippen molar-refractivity contribution in [2.45, 2.75) is 38.1 Å². The van der Waals surface area contributed by atoms with Crippen LogP contribution in [0.5, 0.6) is 5.75 Å². The first-order valence-corrected chi connectivity index (χ1v) is 10.4. The zero-order valence-corrected chi connectivity index (χ0v) is 17.2. The number of carbonyl (C=O) groups is 1. The van der Waals surface area contributed by atoms with E-state index in [-0.39, 0.29) is 11.4 Å². The summed E-state index contributed by atoms with van der Waals surface area (Å²) in [5.41, 5.74) is 3.35. The van der Waals surface area contributed by atoms with E-state index in [9.17, 15) is 4.79 Å². The van der Waals surface area contributed by atoms with E-state index in [1.807, 2.05) is 18.2 Å². The van der Waals surface area contributed by atoms with Crippen molar-refractivity contribution in [3.63, 3.8) is 0 Å². The quantitative estimate of drug-likeness (QED) is 0.527. The summed E-state index contributed by atoms with van der Waals surface area (Å²) in [5, 5.41) is 6.49. The number of aromatic nitrogens is 1. The fourth-order valence-corrected chi connectivity index (χ4v) is 3.76. The van der Waals surface area contributed by atoms with Crippen molar-refractivity contribution < 1.29 is 9.53 Å². The SMILES string of the molecule is CC1(CCCCc2ccccc2)COc2ccc(C(=O)Nc3cccnc3)cc2N1. The minimum Gasteiger partial charge on any atom is -0.489 e. The van der Waals surface area contributed by atoms with E-state index in [2.05, 4.69) is 52.9 Å². The molecule has 0 spiro atoms. The molecule has 1 atom stereocenters.